The summed E-state index contributed by atoms with van der Waals surface area (Å²) in [4.78, 5) is 7.33. The third kappa shape index (κ3) is 3.56. The second-order valence-electron chi connectivity index (χ2n) is 4.79. The second-order valence-corrected chi connectivity index (χ2v) is 4.79. The molecule has 0 bridgehead atoms. The van der Waals surface area contributed by atoms with E-state index < -0.39 is 11.9 Å². The fraction of sp³-hybridized carbons (Fsp3) is 0.667. The normalized spacial score (nSPS) is 18.5. The maximum atomic E-state index is 12.5. The van der Waals surface area contributed by atoms with E-state index in [0.29, 0.717) is 12.5 Å². The summed E-state index contributed by atoms with van der Waals surface area (Å²) in [7, 11) is 0. The minimum Gasteiger partial charge on any atom is -0.350 e. The molecule has 1 aromatic heterocycles. The molecule has 1 heterocycles. The van der Waals surface area contributed by atoms with Gasteiger partial charge in [-0.15, -0.1) is 0 Å². The topological polar surface area (TPSA) is 63.8 Å². The molecule has 1 aliphatic rings. The second kappa shape index (κ2) is 5.73. The Kier molecular flexibility index (Phi) is 4.24. The Morgan fingerprint density at radius 2 is 2.05 bits per heavy atom. The zero-order valence-electron chi connectivity index (χ0n) is 10.5. The van der Waals surface area contributed by atoms with Gasteiger partial charge in [0.2, 0.25) is 5.95 Å². The predicted octanol–water partition coefficient (Wildman–Crippen LogP) is 2.42. The number of hydrogen-bond donors (Lipinski definition) is 2. The van der Waals surface area contributed by atoms with E-state index in [9.17, 15) is 13.2 Å². The van der Waals surface area contributed by atoms with Gasteiger partial charge >= 0.3 is 6.18 Å². The largest absolute Gasteiger partial charge is 0.433 e. The molecule has 1 aromatic rings. The number of rotatable bonds is 4. The molecule has 0 aliphatic heterocycles. The monoisotopic (exact) mass is 274 g/mol. The molecule has 3 N–H and O–H groups in total. The van der Waals surface area contributed by atoms with Crippen LogP contribution in [0.5, 0.6) is 0 Å². The van der Waals surface area contributed by atoms with E-state index in [-0.39, 0.29) is 12.0 Å². The van der Waals surface area contributed by atoms with Crippen LogP contribution in [0.15, 0.2) is 12.3 Å². The molecule has 1 atom stereocenters. The van der Waals surface area contributed by atoms with Gasteiger partial charge in [0.05, 0.1) is 0 Å². The lowest BCUT2D eigenvalue weighted by Crippen LogP contribution is -2.36. The molecule has 1 fully saturated rings. The number of aromatic nitrogens is 2. The summed E-state index contributed by atoms with van der Waals surface area (Å²) in [5.74, 6) is 0.389. The van der Waals surface area contributed by atoms with E-state index >= 15 is 0 Å². The minimum atomic E-state index is -4.45. The maximum Gasteiger partial charge on any atom is 0.433 e. The molecule has 1 aliphatic carbocycles. The molecule has 1 unspecified atom stereocenters. The quantitative estimate of drug-likeness (QED) is 0.885. The smallest absolute Gasteiger partial charge is 0.350 e. The lowest BCUT2D eigenvalue weighted by atomic mass is 9.98. The summed E-state index contributed by atoms with van der Waals surface area (Å²) in [5, 5.41) is 2.94. The number of nitrogens with two attached hydrogens (primary N) is 1. The number of hydrogen-bond acceptors (Lipinski definition) is 4. The lowest BCUT2D eigenvalue weighted by Gasteiger charge is -2.23. The van der Waals surface area contributed by atoms with Crippen LogP contribution < -0.4 is 11.1 Å². The highest BCUT2D eigenvalue weighted by Crippen LogP contribution is 2.30. The summed E-state index contributed by atoms with van der Waals surface area (Å²) < 4.78 is 37.6. The molecule has 4 nitrogen and oxygen atoms in total. The standard InChI is InChI=1S/C12H17F3N4/c13-12(14,15)10-5-6-17-11(19-10)18-9(7-16)8-3-1-2-4-8/h5-6,8-9H,1-4,7,16H2,(H,17,18,19). The molecule has 106 valence electrons. The van der Waals surface area contributed by atoms with Crippen molar-refractivity contribution in [1.82, 2.24) is 9.97 Å². The number of nitrogens with one attached hydrogen (secondary N) is 1. The average Bonchev–Trinajstić information content (AvgIpc) is 2.89. The SMILES string of the molecule is NCC(Nc1nccc(C(F)(F)F)n1)C1CCCC1. The Hall–Kier alpha value is -1.37. The van der Waals surface area contributed by atoms with Crippen LogP contribution in [0.1, 0.15) is 31.4 Å². The zero-order valence-corrected chi connectivity index (χ0v) is 10.5. The Morgan fingerprint density at radius 3 is 2.63 bits per heavy atom. The molecule has 0 aromatic carbocycles. The molecule has 0 spiro atoms. The van der Waals surface area contributed by atoms with E-state index in [1.54, 1.807) is 0 Å². The molecule has 1 saturated carbocycles. The fourth-order valence-electron chi connectivity index (χ4n) is 2.48. The van der Waals surface area contributed by atoms with Gasteiger partial charge in [-0.1, -0.05) is 12.8 Å². The van der Waals surface area contributed by atoms with Crippen molar-refractivity contribution in [3.05, 3.63) is 18.0 Å². The van der Waals surface area contributed by atoms with E-state index in [1.165, 1.54) is 0 Å². The van der Waals surface area contributed by atoms with Gasteiger partial charge in [-0.3, -0.25) is 0 Å². The van der Waals surface area contributed by atoms with E-state index in [4.69, 9.17) is 5.73 Å². The first-order valence-corrected chi connectivity index (χ1v) is 6.37. The van der Waals surface area contributed by atoms with Crippen LogP contribution in [0.25, 0.3) is 0 Å². The lowest BCUT2D eigenvalue weighted by molar-refractivity contribution is -0.141. The summed E-state index contributed by atoms with van der Waals surface area (Å²) in [6.07, 6.45) is 1.05. The summed E-state index contributed by atoms with van der Waals surface area (Å²) in [5.41, 5.74) is 4.75. The van der Waals surface area contributed by atoms with Crippen LogP contribution >= 0.6 is 0 Å². The van der Waals surface area contributed by atoms with Crippen molar-refractivity contribution >= 4 is 5.95 Å². The van der Waals surface area contributed by atoms with Gasteiger partial charge in [0.25, 0.3) is 0 Å². The molecule has 0 saturated heterocycles. The Balaban J connectivity index is 2.09. The third-order valence-corrected chi connectivity index (χ3v) is 3.48. The molecular formula is C12H17F3N4. The van der Waals surface area contributed by atoms with Crippen LogP contribution in [0.4, 0.5) is 19.1 Å². The summed E-state index contributed by atoms with van der Waals surface area (Å²) >= 11 is 0. The maximum absolute atomic E-state index is 12.5. The van der Waals surface area contributed by atoms with Gasteiger partial charge < -0.3 is 11.1 Å². The third-order valence-electron chi connectivity index (χ3n) is 3.48. The van der Waals surface area contributed by atoms with Crippen LogP contribution in [0, 0.1) is 5.92 Å². The van der Waals surface area contributed by atoms with Gasteiger partial charge in [-0.05, 0) is 24.8 Å². The molecule has 0 amide bonds. The van der Waals surface area contributed by atoms with Crippen molar-refractivity contribution in [1.29, 1.82) is 0 Å². The van der Waals surface area contributed by atoms with E-state index in [1.807, 2.05) is 0 Å². The highest BCUT2D eigenvalue weighted by atomic mass is 19.4. The Labute approximate surface area is 109 Å². The first-order chi connectivity index (χ1) is 9.00. The average molecular weight is 274 g/mol. The van der Waals surface area contributed by atoms with Crippen molar-refractivity contribution in [2.24, 2.45) is 11.7 Å². The van der Waals surface area contributed by atoms with Gasteiger partial charge in [0, 0.05) is 18.8 Å². The van der Waals surface area contributed by atoms with E-state index in [2.05, 4.69) is 15.3 Å². The predicted molar refractivity (Wildman–Crippen MR) is 65.5 cm³/mol. The fourth-order valence-corrected chi connectivity index (χ4v) is 2.48. The molecule has 7 heteroatoms. The molecule has 2 rings (SSSR count). The molecular weight excluding hydrogens is 257 g/mol. The van der Waals surface area contributed by atoms with Crippen molar-refractivity contribution in [2.45, 2.75) is 37.9 Å². The molecule has 0 radical (unpaired) electrons. The number of anilines is 1. The van der Waals surface area contributed by atoms with Gasteiger partial charge in [-0.25, -0.2) is 9.97 Å². The Bertz CT molecular complexity index is 416. The van der Waals surface area contributed by atoms with Crippen molar-refractivity contribution < 1.29 is 13.2 Å². The van der Waals surface area contributed by atoms with Gasteiger partial charge in [0.15, 0.2) is 0 Å². The molecule has 19 heavy (non-hydrogen) atoms. The van der Waals surface area contributed by atoms with Crippen LogP contribution in [-0.2, 0) is 6.18 Å². The zero-order chi connectivity index (χ0) is 13.9. The number of halogens is 3. The minimum absolute atomic E-state index is 0.00262. The van der Waals surface area contributed by atoms with Crippen molar-refractivity contribution in [3.63, 3.8) is 0 Å². The number of alkyl halides is 3. The summed E-state index contributed by atoms with van der Waals surface area (Å²) in [6, 6.07) is 0.795. The van der Waals surface area contributed by atoms with Crippen LogP contribution in [-0.4, -0.2) is 22.6 Å². The summed E-state index contributed by atoms with van der Waals surface area (Å²) in [6.45, 7) is 0.365. The Morgan fingerprint density at radius 1 is 1.37 bits per heavy atom. The van der Waals surface area contributed by atoms with Crippen LogP contribution in [0.2, 0.25) is 0 Å². The van der Waals surface area contributed by atoms with E-state index in [0.717, 1.165) is 37.9 Å². The first kappa shape index (κ1) is 14.0. The van der Waals surface area contributed by atoms with Gasteiger partial charge in [0.1, 0.15) is 5.69 Å². The van der Waals surface area contributed by atoms with Gasteiger partial charge in [-0.2, -0.15) is 13.2 Å². The highest BCUT2D eigenvalue weighted by molar-refractivity contribution is 5.28. The number of nitrogens with zero attached hydrogens (tertiary/aromatic N) is 2. The first-order valence-electron chi connectivity index (χ1n) is 6.37. The van der Waals surface area contributed by atoms with Crippen LogP contribution in [0.3, 0.4) is 0 Å². The van der Waals surface area contributed by atoms with Crippen molar-refractivity contribution in [2.75, 3.05) is 11.9 Å². The highest BCUT2D eigenvalue weighted by Gasteiger charge is 2.33. The van der Waals surface area contributed by atoms with Crippen molar-refractivity contribution in [3.8, 4) is 0 Å².